The number of hydrogen-bond donors (Lipinski definition) is 1. The van der Waals surface area contributed by atoms with Crippen LogP contribution in [0, 0.1) is 0 Å². The van der Waals surface area contributed by atoms with Crippen LogP contribution in [-0.4, -0.2) is 18.4 Å². The van der Waals surface area contributed by atoms with E-state index in [0.717, 1.165) is 0 Å². The zero-order chi connectivity index (χ0) is 9.68. The Morgan fingerprint density at radius 3 is 2.77 bits per heavy atom. The van der Waals surface area contributed by atoms with Gasteiger partial charge in [0.15, 0.2) is 0 Å². The number of alkyl halides is 1. The third-order valence-electron chi connectivity index (χ3n) is 1.70. The van der Waals surface area contributed by atoms with Crippen LogP contribution in [0.1, 0.15) is 18.6 Å². The first kappa shape index (κ1) is 9.99. The Hall–Kier alpha value is -1.09. The molecule has 0 aliphatic rings. The number of rotatable bonds is 4. The molecule has 0 saturated carbocycles. The van der Waals surface area contributed by atoms with Crippen LogP contribution < -0.4 is 4.74 Å². The highest BCUT2D eigenvalue weighted by molar-refractivity contribution is 5.34. The first-order chi connectivity index (χ1) is 6.25. The Bertz CT molecular complexity index is 261. The van der Waals surface area contributed by atoms with Gasteiger partial charge in [0.05, 0.1) is 6.10 Å². The Labute approximate surface area is 77.0 Å². The molecule has 0 radical (unpaired) electrons. The Balaban J connectivity index is 2.78. The molecule has 1 aromatic rings. The molecule has 0 bridgehead atoms. The maximum absolute atomic E-state index is 11.8. The second-order valence-corrected chi connectivity index (χ2v) is 2.75. The first-order valence-corrected chi connectivity index (χ1v) is 4.21. The fourth-order valence-electron chi connectivity index (χ4n) is 1.11. The predicted molar refractivity (Wildman–Crippen MR) is 48.5 cm³/mol. The molecular formula is C10H13FO2. The average molecular weight is 184 g/mol. The van der Waals surface area contributed by atoms with E-state index in [1.807, 2.05) is 6.07 Å². The Kier molecular flexibility index (Phi) is 3.71. The van der Waals surface area contributed by atoms with Gasteiger partial charge in [0.1, 0.15) is 19.0 Å². The van der Waals surface area contributed by atoms with Crippen molar-refractivity contribution in [2.24, 2.45) is 0 Å². The van der Waals surface area contributed by atoms with E-state index in [1.165, 1.54) is 0 Å². The molecule has 0 aliphatic carbocycles. The average Bonchev–Trinajstić information content (AvgIpc) is 2.15. The molecule has 0 spiro atoms. The van der Waals surface area contributed by atoms with Gasteiger partial charge >= 0.3 is 0 Å². The molecule has 0 amide bonds. The third kappa shape index (κ3) is 2.70. The van der Waals surface area contributed by atoms with Gasteiger partial charge in [-0.15, -0.1) is 0 Å². The molecule has 3 heteroatoms. The van der Waals surface area contributed by atoms with Crippen molar-refractivity contribution in [2.45, 2.75) is 13.0 Å². The maximum Gasteiger partial charge on any atom is 0.125 e. The summed E-state index contributed by atoms with van der Waals surface area (Å²) in [5, 5.41) is 9.33. The molecule has 13 heavy (non-hydrogen) atoms. The summed E-state index contributed by atoms with van der Waals surface area (Å²) in [5.41, 5.74) is 0.691. The minimum Gasteiger partial charge on any atom is -0.490 e. The fourth-order valence-corrected chi connectivity index (χ4v) is 1.11. The van der Waals surface area contributed by atoms with Gasteiger partial charge in [0.25, 0.3) is 0 Å². The van der Waals surface area contributed by atoms with Crippen LogP contribution in [0.4, 0.5) is 4.39 Å². The number of para-hydroxylation sites is 1. The van der Waals surface area contributed by atoms with E-state index in [-0.39, 0.29) is 6.61 Å². The van der Waals surface area contributed by atoms with Gasteiger partial charge in [-0.3, -0.25) is 0 Å². The lowest BCUT2D eigenvalue weighted by Gasteiger charge is -2.11. The molecule has 72 valence electrons. The minimum absolute atomic E-state index is 0.0315. The SMILES string of the molecule is C[C@@H](O)c1ccccc1OCCF. The molecule has 1 aromatic carbocycles. The van der Waals surface area contributed by atoms with Crippen LogP contribution in [-0.2, 0) is 0 Å². The number of aliphatic hydroxyl groups is 1. The third-order valence-corrected chi connectivity index (χ3v) is 1.70. The fraction of sp³-hybridized carbons (Fsp3) is 0.400. The zero-order valence-electron chi connectivity index (χ0n) is 7.53. The smallest absolute Gasteiger partial charge is 0.125 e. The van der Waals surface area contributed by atoms with Gasteiger partial charge in [-0.1, -0.05) is 18.2 Å². The number of halogens is 1. The van der Waals surface area contributed by atoms with Gasteiger partial charge < -0.3 is 9.84 Å². The van der Waals surface area contributed by atoms with Crippen molar-refractivity contribution in [3.63, 3.8) is 0 Å². The second-order valence-electron chi connectivity index (χ2n) is 2.75. The van der Waals surface area contributed by atoms with Crippen LogP contribution in [0.3, 0.4) is 0 Å². The van der Waals surface area contributed by atoms with E-state index in [2.05, 4.69) is 0 Å². The maximum atomic E-state index is 11.8. The van der Waals surface area contributed by atoms with E-state index in [1.54, 1.807) is 25.1 Å². The zero-order valence-corrected chi connectivity index (χ0v) is 7.53. The van der Waals surface area contributed by atoms with E-state index >= 15 is 0 Å². The lowest BCUT2D eigenvalue weighted by molar-refractivity contribution is 0.189. The summed E-state index contributed by atoms with van der Waals surface area (Å²) in [4.78, 5) is 0. The highest BCUT2D eigenvalue weighted by Crippen LogP contribution is 2.24. The van der Waals surface area contributed by atoms with Crippen molar-refractivity contribution < 1.29 is 14.2 Å². The molecule has 0 unspecified atom stereocenters. The molecule has 0 fully saturated rings. The number of aliphatic hydroxyl groups excluding tert-OH is 1. The molecule has 0 heterocycles. The van der Waals surface area contributed by atoms with Gasteiger partial charge in [-0.05, 0) is 13.0 Å². The van der Waals surface area contributed by atoms with Crippen molar-refractivity contribution in [1.29, 1.82) is 0 Å². The summed E-state index contributed by atoms with van der Waals surface area (Å²) < 4.78 is 16.9. The van der Waals surface area contributed by atoms with Crippen LogP contribution >= 0.6 is 0 Å². The highest BCUT2D eigenvalue weighted by atomic mass is 19.1. The molecule has 0 saturated heterocycles. The van der Waals surface area contributed by atoms with E-state index in [0.29, 0.717) is 11.3 Å². The van der Waals surface area contributed by atoms with Crippen LogP contribution in [0.25, 0.3) is 0 Å². The molecule has 2 nitrogen and oxygen atoms in total. The Morgan fingerprint density at radius 2 is 2.15 bits per heavy atom. The molecule has 0 aliphatic heterocycles. The number of hydrogen-bond acceptors (Lipinski definition) is 2. The summed E-state index contributed by atoms with van der Waals surface area (Å²) in [5.74, 6) is 0.551. The van der Waals surface area contributed by atoms with Gasteiger partial charge in [-0.25, -0.2) is 4.39 Å². The first-order valence-electron chi connectivity index (χ1n) is 4.21. The van der Waals surface area contributed by atoms with Crippen molar-refractivity contribution in [3.8, 4) is 5.75 Å². The standard InChI is InChI=1S/C10H13FO2/c1-8(12)9-4-2-3-5-10(9)13-7-6-11/h2-5,8,12H,6-7H2,1H3/t8-/m1/s1. The molecule has 1 atom stereocenters. The molecule has 0 aromatic heterocycles. The molecule has 1 N–H and O–H groups in total. The predicted octanol–water partition coefficient (Wildman–Crippen LogP) is 2.09. The van der Waals surface area contributed by atoms with Gasteiger partial charge in [0.2, 0.25) is 0 Å². The van der Waals surface area contributed by atoms with E-state index in [4.69, 9.17) is 4.74 Å². The van der Waals surface area contributed by atoms with Crippen LogP contribution in [0.15, 0.2) is 24.3 Å². The van der Waals surface area contributed by atoms with Crippen molar-refractivity contribution in [1.82, 2.24) is 0 Å². The van der Waals surface area contributed by atoms with Gasteiger partial charge in [-0.2, -0.15) is 0 Å². The number of ether oxygens (including phenoxy) is 1. The lowest BCUT2D eigenvalue weighted by Crippen LogP contribution is -2.02. The summed E-state index contributed by atoms with van der Waals surface area (Å²) in [7, 11) is 0. The topological polar surface area (TPSA) is 29.5 Å². The summed E-state index contributed by atoms with van der Waals surface area (Å²) in [6.07, 6.45) is -0.587. The van der Waals surface area contributed by atoms with E-state index in [9.17, 15) is 9.50 Å². The summed E-state index contributed by atoms with van der Waals surface area (Å²) in [6.45, 7) is 1.16. The van der Waals surface area contributed by atoms with Crippen LogP contribution in [0.2, 0.25) is 0 Å². The van der Waals surface area contributed by atoms with Crippen molar-refractivity contribution in [2.75, 3.05) is 13.3 Å². The van der Waals surface area contributed by atoms with Crippen molar-refractivity contribution >= 4 is 0 Å². The minimum atomic E-state index is -0.587. The highest BCUT2D eigenvalue weighted by Gasteiger charge is 2.07. The Morgan fingerprint density at radius 1 is 1.46 bits per heavy atom. The normalized spacial score (nSPS) is 12.5. The summed E-state index contributed by atoms with van der Waals surface area (Å²) >= 11 is 0. The number of benzene rings is 1. The monoisotopic (exact) mass is 184 g/mol. The van der Waals surface area contributed by atoms with Crippen LogP contribution in [0.5, 0.6) is 5.75 Å². The molecule has 1 rings (SSSR count). The molecular weight excluding hydrogens is 171 g/mol. The van der Waals surface area contributed by atoms with Crippen molar-refractivity contribution in [3.05, 3.63) is 29.8 Å². The lowest BCUT2D eigenvalue weighted by atomic mass is 10.1. The second kappa shape index (κ2) is 4.82. The largest absolute Gasteiger partial charge is 0.490 e. The quantitative estimate of drug-likeness (QED) is 0.776. The summed E-state index contributed by atoms with van der Waals surface area (Å²) in [6, 6.07) is 7.08. The van der Waals surface area contributed by atoms with E-state index < -0.39 is 12.8 Å². The van der Waals surface area contributed by atoms with Gasteiger partial charge in [0, 0.05) is 5.56 Å².